The van der Waals surface area contributed by atoms with Crippen molar-refractivity contribution in [2.24, 2.45) is 11.3 Å². The molecule has 2 fully saturated rings. The molecule has 2 aliphatic rings. The van der Waals surface area contributed by atoms with E-state index < -0.39 is 0 Å². The summed E-state index contributed by atoms with van der Waals surface area (Å²) in [7, 11) is 0. The summed E-state index contributed by atoms with van der Waals surface area (Å²) in [5.41, 5.74) is 0.418. The molecule has 1 aliphatic heterocycles. The first kappa shape index (κ1) is 13.9. The monoisotopic (exact) mass is 253 g/mol. The zero-order valence-electron chi connectivity index (χ0n) is 11.8. The van der Waals surface area contributed by atoms with E-state index in [-0.39, 0.29) is 6.10 Å². The minimum absolute atomic E-state index is 0.192. The molecule has 0 aromatic heterocycles. The Kier molecular flexibility index (Phi) is 4.31. The van der Waals surface area contributed by atoms with Crippen molar-refractivity contribution in [3.63, 3.8) is 0 Å². The molecule has 1 unspecified atom stereocenters. The van der Waals surface area contributed by atoms with Gasteiger partial charge in [0.05, 0.1) is 6.10 Å². The standard InChI is InChI=1S/C15H27NO2/c1-15(2)7-3-4-12(11-15)10-14(18)16-8-5-13(17)6-9-16/h12-13,17H,3-11H2,1-2H3. The summed E-state index contributed by atoms with van der Waals surface area (Å²) in [4.78, 5) is 14.2. The fourth-order valence-electron chi connectivity index (χ4n) is 3.52. The van der Waals surface area contributed by atoms with Crippen LogP contribution in [0.4, 0.5) is 0 Å². The van der Waals surface area contributed by atoms with Gasteiger partial charge < -0.3 is 10.0 Å². The highest BCUT2D eigenvalue weighted by Crippen LogP contribution is 2.40. The molecule has 1 saturated carbocycles. The molecule has 1 amide bonds. The minimum atomic E-state index is -0.192. The third kappa shape index (κ3) is 3.71. The summed E-state index contributed by atoms with van der Waals surface area (Å²) in [5.74, 6) is 0.887. The van der Waals surface area contributed by atoms with E-state index in [2.05, 4.69) is 13.8 Å². The molecule has 0 aromatic carbocycles. The molecule has 3 nitrogen and oxygen atoms in total. The van der Waals surface area contributed by atoms with Gasteiger partial charge >= 0.3 is 0 Å². The quantitative estimate of drug-likeness (QED) is 0.821. The summed E-state index contributed by atoms with van der Waals surface area (Å²) >= 11 is 0. The van der Waals surface area contributed by atoms with Crippen molar-refractivity contribution in [2.45, 2.75) is 64.9 Å². The van der Waals surface area contributed by atoms with Gasteiger partial charge in [0.25, 0.3) is 0 Å². The molecule has 1 N–H and O–H groups in total. The number of nitrogens with zero attached hydrogens (tertiary/aromatic N) is 1. The number of amides is 1. The molecular weight excluding hydrogens is 226 g/mol. The minimum Gasteiger partial charge on any atom is -0.393 e. The van der Waals surface area contributed by atoms with Gasteiger partial charge in [-0.2, -0.15) is 0 Å². The average Bonchev–Trinajstić information content (AvgIpc) is 2.28. The van der Waals surface area contributed by atoms with Gasteiger partial charge in [0.1, 0.15) is 0 Å². The van der Waals surface area contributed by atoms with Crippen molar-refractivity contribution in [3.8, 4) is 0 Å². The van der Waals surface area contributed by atoms with E-state index in [9.17, 15) is 9.90 Å². The Morgan fingerprint density at radius 1 is 1.28 bits per heavy atom. The van der Waals surface area contributed by atoms with Crippen LogP contribution in [0.15, 0.2) is 0 Å². The fraction of sp³-hybridized carbons (Fsp3) is 0.933. The van der Waals surface area contributed by atoms with Crippen molar-refractivity contribution >= 4 is 5.91 Å². The largest absolute Gasteiger partial charge is 0.393 e. The molecule has 104 valence electrons. The van der Waals surface area contributed by atoms with E-state index in [1.165, 1.54) is 25.7 Å². The molecule has 18 heavy (non-hydrogen) atoms. The molecule has 2 rings (SSSR count). The molecule has 1 aliphatic carbocycles. The first-order valence-corrected chi connectivity index (χ1v) is 7.42. The summed E-state index contributed by atoms with van der Waals surface area (Å²) < 4.78 is 0. The van der Waals surface area contributed by atoms with Crippen LogP contribution < -0.4 is 0 Å². The SMILES string of the molecule is CC1(C)CCCC(CC(=O)N2CCC(O)CC2)C1. The molecular formula is C15H27NO2. The Morgan fingerprint density at radius 3 is 2.56 bits per heavy atom. The van der Waals surface area contributed by atoms with Crippen molar-refractivity contribution < 1.29 is 9.90 Å². The van der Waals surface area contributed by atoms with Crippen LogP contribution in [-0.2, 0) is 4.79 Å². The summed E-state index contributed by atoms with van der Waals surface area (Å²) in [6.07, 6.45) is 7.00. The maximum absolute atomic E-state index is 12.2. The highest BCUT2D eigenvalue weighted by molar-refractivity contribution is 5.76. The highest BCUT2D eigenvalue weighted by atomic mass is 16.3. The molecule has 1 heterocycles. The van der Waals surface area contributed by atoms with Crippen LogP contribution in [0.25, 0.3) is 0 Å². The second-order valence-corrected chi connectivity index (χ2v) is 6.94. The van der Waals surface area contributed by atoms with Crippen LogP contribution in [0, 0.1) is 11.3 Å². The van der Waals surface area contributed by atoms with Crippen LogP contribution in [0.3, 0.4) is 0 Å². The Labute approximate surface area is 111 Å². The number of hydrogen-bond donors (Lipinski definition) is 1. The normalized spacial score (nSPS) is 29.3. The Morgan fingerprint density at radius 2 is 1.94 bits per heavy atom. The van der Waals surface area contributed by atoms with Crippen LogP contribution in [-0.4, -0.2) is 35.1 Å². The van der Waals surface area contributed by atoms with Gasteiger partial charge in [-0.15, -0.1) is 0 Å². The van der Waals surface area contributed by atoms with Crippen LogP contribution >= 0.6 is 0 Å². The van der Waals surface area contributed by atoms with Gasteiger partial charge in [0.15, 0.2) is 0 Å². The van der Waals surface area contributed by atoms with Crippen molar-refractivity contribution in [1.29, 1.82) is 0 Å². The van der Waals surface area contributed by atoms with Crippen LogP contribution in [0.2, 0.25) is 0 Å². The van der Waals surface area contributed by atoms with E-state index in [1.807, 2.05) is 4.90 Å². The fourth-order valence-corrected chi connectivity index (χ4v) is 3.52. The first-order valence-electron chi connectivity index (χ1n) is 7.42. The lowest BCUT2D eigenvalue weighted by atomic mass is 9.71. The molecule has 1 saturated heterocycles. The Bertz CT molecular complexity index is 293. The lowest BCUT2D eigenvalue weighted by molar-refractivity contribution is -0.134. The van der Waals surface area contributed by atoms with Gasteiger partial charge in [-0.05, 0) is 43.4 Å². The van der Waals surface area contributed by atoms with E-state index >= 15 is 0 Å². The average molecular weight is 253 g/mol. The zero-order valence-corrected chi connectivity index (χ0v) is 11.8. The smallest absolute Gasteiger partial charge is 0.222 e. The topological polar surface area (TPSA) is 40.5 Å². The molecule has 0 radical (unpaired) electrons. The van der Waals surface area contributed by atoms with E-state index in [0.717, 1.165) is 32.4 Å². The number of carbonyl (C=O) groups excluding carboxylic acids is 1. The summed E-state index contributed by atoms with van der Waals surface area (Å²) in [6.45, 7) is 6.13. The third-order valence-electron chi connectivity index (χ3n) is 4.59. The molecule has 1 atom stereocenters. The molecule has 0 aromatic rings. The van der Waals surface area contributed by atoms with Crippen molar-refractivity contribution in [1.82, 2.24) is 4.90 Å². The first-order chi connectivity index (χ1) is 8.46. The Hall–Kier alpha value is -0.570. The number of aliphatic hydroxyl groups is 1. The number of piperidine rings is 1. The second-order valence-electron chi connectivity index (χ2n) is 6.94. The number of aliphatic hydroxyl groups excluding tert-OH is 1. The summed E-state index contributed by atoms with van der Waals surface area (Å²) in [6, 6.07) is 0. The van der Waals surface area contributed by atoms with Gasteiger partial charge in [-0.25, -0.2) is 0 Å². The lowest BCUT2D eigenvalue weighted by Crippen LogP contribution is -2.41. The maximum atomic E-state index is 12.2. The Balaban J connectivity index is 1.80. The number of rotatable bonds is 2. The number of carbonyl (C=O) groups is 1. The number of hydrogen-bond acceptors (Lipinski definition) is 2. The van der Waals surface area contributed by atoms with Crippen LogP contribution in [0.1, 0.15) is 58.8 Å². The third-order valence-corrected chi connectivity index (χ3v) is 4.59. The van der Waals surface area contributed by atoms with Crippen LogP contribution in [0.5, 0.6) is 0 Å². The second kappa shape index (κ2) is 5.60. The molecule has 3 heteroatoms. The highest BCUT2D eigenvalue weighted by Gasteiger charge is 2.30. The summed E-state index contributed by atoms with van der Waals surface area (Å²) in [5, 5.41) is 9.46. The van der Waals surface area contributed by atoms with Gasteiger partial charge in [-0.3, -0.25) is 4.79 Å². The van der Waals surface area contributed by atoms with E-state index in [4.69, 9.17) is 0 Å². The number of likely N-dealkylation sites (tertiary alicyclic amines) is 1. The van der Waals surface area contributed by atoms with Gasteiger partial charge in [-0.1, -0.05) is 20.3 Å². The van der Waals surface area contributed by atoms with Crippen molar-refractivity contribution in [2.75, 3.05) is 13.1 Å². The predicted octanol–water partition coefficient (Wildman–Crippen LogP) is 2.58. The van der Waals surface area contributed by atoms with Crippen molar-refractivity contribution in [3.05, 3.63) is 0 Å². The maximum Gasteiger partial charge on any atom is 0.222 e. The molecule has 0 bridgehead atoms. The van der Waals surface area contributed by atoms with E-state index in [1.54, 1.807) is 0 Å². The lowest BCUT2D eigenvalue weighted by Gasteiger charge is -2.36. The zero-order chi connectivity index (χ0) is 13.2. The van der Waals surface area contributed by atoms with E-state index in [0.29, 0.717) is 17.2 Å². The van der Waals surface area contributed by atoms with Gasteiger partial charge in [0, 0.05) is 19.5 Å². The molecule has 0 spiro atoms. The van der Waals surface area contributed by atoms with Gasteiger partial charge in [0.2, 0.25) is 5.91 Å². The predicted molar refractivity (Wildman–Crippen MR) is 72.2 cm³/mol.